The Morgan fingerprint density at radius 3 is 2.76 bits per heavy atom. The van der Waals surface area contributed by atoms with E-state index < -0.39 is 10.0 Å². The summed E-state index contributed by atoms with van der Waals surface area (Å²) in [5, 5.41) is 0. The van der Waals surface area contributed by atoms with Crippen LogP contribution in [-0.2, 0) is 10.0 Å². The van der Waals surface area contributed by atoms with Crippen LogP contribution in [0.5, 0.6) is 5.75 Å². The molecule has 0 aliphatic rings. The molecule has 1 aromatic carbocycles. The zero-order chi connectivity index (χ0) is 12.5. The first-order valence-corrected chi connectivity index (χ1v) is 6.86. The summed E-state index contributed by atoms with van der Waals surface area (Å²) in [6.07, 6.45) is 4.01. The van der Waals surface area contributed by atoms with Crippen molar-refractivity contribution in [3.8, 4) is 5.75 Å². The summed E-state index contributed by atoms with van der Waals surface area (Å²) >= 11 is 3.26. The van der Waals surface area contributed by atoms with Crippen LogP contribution in [-0.4, -0.2) is 24.5 Å². The van der Waals surface area contributed by atoms with Gasteiger partial charge in [-0.2, -0.15) is 0 Å². The van der Waals surface area contributed by atoms with Crippen molar-refractivity contribution in [1.82, 2.24) is 8.96 Å². The number of halogens is 1. The van der Waals surface area contributed by atoms with Gasteiger partial charge in [0.15, 0.2) is 0 Å². The lowest BCUT2D eigenvalue weighted by Crippen LogP contribution is -2.12. The molecule has 0 atom stereocenters. The molecule has 7 heteroatoms. The maximum atomic E-state index is 12.2. The number of hydrogen-bond acceptors (Lipinski definition) is 4. The van der Waals surface area contributed by atoms with E-state index in [4.69, 9.17) is 4.74 Å². The summed E-state index contributed by atoms with van der Waals surface area (Å²) in [5.41, 5.74) is 0. The van der Waals surface area contributed by atoms with Gasteiger partial charge in [-0.1, -0.05) is 15.9 Å². The topological polar surface area (TPSA) is 61.2 Å². The Hall–Kier alpha value is -1.34. The Morgan fingerprint density at radius 2 is 2.18 bits per heavy atom. The van der Waals surface area contributed by atoms with E-state index in [1.54, 1.807) is 12.1 Å². The number of benzene rings is 1. The number of imidazole rings is 1. The monoisotopic (exact) mass is 316 g/mol. The van der Waals surface area contributed by atoms with E-state index in [0.717, 1.165) is 8.45 Å². The van der Waals surface area contributed by atoms with E-state index >= 15 is 0 Å². The second-order valence-corrected chi connectivity index (χ2v) is 5.92. The van der Waals surface area contributed by atoms with Crippen molar-refractivity contribution in [2.75, 3.05) is 7.11 Å². The first kappa shape index (κ1) is 12.1. The standard InChI is InChI=1S/C10H9BrN2O3S/c1-16-9-6-8(11)2-3-10(9)17(14,15)13-5-4-12-7-13/h2-7H,1H3. The fourth-order valence-corrected chi connectivity index (χ4v) is 2.95. The van der Waals surface area contributed by atoms with Crippen molar-refractivity contribution < 1.29 is 13.2 Å². The van der Waals surface area contributed by atoms with Crippen molar-refractivity contribution in [1.29, 1.82) is 0 Å². The molecule has 17 heavy (non-hydrogen) atoms. The van der Waals surface area contributed by atoms with Gasteiger partial charge in [0.05, 0.1) is 7.11 Å². The van der Waals surface area contributed by atoms with E-state index in [2.05, 4.69) is 20.9 Å². The number of rotatable bonds is 3. The maximum Gasteiger partial charge on any atom is 0.272 e. The predicted molar refractivity (Wildman–Crippen MR) is 65.5 cm³/mol. The van der Waals surface area contributed by atoms with Crippen molar-refractivity contribution in [2.24, 2.45) is 0 Å². The number of methoxy groups -OCH3 is 1. The van der Waals surface area contributed by atoms with E-state index in [0.29, 0.717) is 0 Å². The molecular weight excluding hydrogens is 308 g/mol. The molecule has 0 saturated heterocycles. The minimum absolute atomic E-state index is 0.0983. The highest BCUT2D eigenvalue weighted by molar-refractivity contribution is 9.10. The first-order chi connectivity index (χ1) is 8.05. The predicted octanol–water partition coefficient (Wildman–Crippen LogP) is 1.89. The van der Waals surface area contributed by atoms with Crippen molar-refractivity contribution >= 4 is 26.0 Å². The molecule has 0 aliphatic carbocycles. The van der Waals surface area contributed by atoms with Crippen LogP contribution in [0.1, 0.15) is 0 Å². The average Bonchev–Trinajstić information content (AvgIpc) is 2.82. The van der Waals surface area contributed by atoms with Gasteiger partial charge in [0.1, 0.15) is 17.0 Å². The summed E-state index contributed by atoms with van der Waals surface area (Å²) in [4.78, 5) is 3.82. The second-order valence-electron chi connectivity index (χ2n) is 3.19. The molecule has 90 valence electrons. The molecule has 1 aromatic heterocycles. The summed E-state index contributed by atoms with van der Waals surface area (Å²) < 4.78 is 31.3. The third-order valence-electron chi connectivity index (χ3n) is 2.16. The minimum atomic E-state index is -3.65. The van der Waals surface area contributed by atoms with E-state index in [9.17, 15) is 8.42 Å². The van der Waals surface area contributed by atoms with Gasteiger partial charge in [-0.25, -0.2) is 17.4 Å². The molecule has 0 N–H and O–H groups in total. The van der Waals surface area contributed by atoms with Gasteiger partial charge in [-0.15, -0.1) is 0 Å². The molecule has 0 aliphatic heterocycles. The number of hydrogen-bond donors (Lipinski definition) is 0. The summed E-state index contributed by atoms with van der Waals surface area (Å²) in [6, 6.07) is 4.73. The molecule has 2 rings (SSSR count). The lowest BCUT2D eigenvalue weighted by Gasteiger charge is -2.10. The van der Waals surface area contributed by atoms with Gasteiger partial charge < -0.3 is 4.74 Å². The molecule has 0 amide bonds. The summed E-state index contributed by atoms with van der Waals surface area (Å²) in [5.74, 6) is 0.285. The third-order valence-corrected chi connectivity index (χ3v) is 4.32. The number of nitrogens with zero attached hydrogens (tertiary/aromatic N) is 2. The molecule has 0 radical (unpaired) electrons. The lowest BCUT2D eigenvalue weighted by molar-refractivity contribution is 0.402. The van der Waals surface area contributed by atoms with E-state index in [1.165, 1.54) is 31.9 Å². The van der Waals surface area contributed by atoms with Gasteiger partial charge in [-0.05, 0) is 18.2 Å². The Bertz CT molecular complexity index is 623. The number of ether oxygens (including phenoxy) is 1. The average molecular weight is 317 g/mol. The van der Waals surface area contributed by atoms with Gasteiger partial charge in [-0.3, -0.25) is 0 Å². The largest absolute Gasteiger partial charge is 0.495 e. The lowest BCUT2D eigenvalue weighted by atomic mass is 10.3. The van der Waals surface area contributed by atoms with Gasteiger partial charge in [0.2, 0.25) is 0 Å². The van der Waals surface area contributed by atoms with Crippen LogP contribution >= 0.6 is 15.9 Å². The molecule has 0 saturated carbocycles. The third kappa shape index (κ3) is 2.20. The molecule has 2 aromatic rings. The SMILES string of the molecule is COc1cc(Br)ccc1S(=O)(=O)n1ccnc1. The maximum absolute atomic E-state index is 12.2. The van der Waals surface area contributed by atoms with Crippen LogP contribution in [0, 0.1) is 0 Å². The normalized spacial score (nSPS) is 11.4. The molecule has 0 unspecified atom stereocenters. The fourth-order valence-electron chi connectivity index (χ4n) is 1.36. The molecule has 0 fully saturated rings. The van der Waals surface area contributed by atoms with Crippen LogP contribution in [0.2, 0.25) is 0 Å². The zero-order valence-electron chi connectivity index (χ0n) is 8.87. The van der Waals surface area contributed by atoms with Crippen LogP contribution in [0.15, 0.2) is 46.3 Å². The van der Waals surface area contributed by atoms with Crippen LogP contribution in [0.4, 0.5) is 0 Å². The van der Waals surface area contributed by atoms with Crippen molar-refractivity contribution in [2.45, 2.75) is 4.90 Å². The molecule has 5 nitrogen and oxygen atoms in total. The van der Waals surface area contributed by atoms with E-state index in [-0.39, 0.29) is 10.6 Å². The van der Waals surface area contributed by atoms with Crippen LogP contribution in [0.25, 0.3) is 0 Å². The number of aromatic nitrogens is 2. The Labute approximate surface area is 107 Å². The quantitative estimate of drug-likeness (QED) is 0.867. The molecule has 0 bridgehead atoms. The fraction of sp³-hybridized carbons (Fsp3) is 0.100. The van der Waals surface area contributed by atoms with Gasteiger partial charge in [0, 0.05) is 16.9 Å². The summed E-state index contributed by atoms with van der Waals surface area (Å²) in [7, 11) is -2.22. The minimum Gasteiger partial charge on any atom is -0.495 e. The molecular formula is C10H9BrN2O3S. The Balaban J connectivity index is 2.62. The van der Waals surface area contributed by atoms with E-state index in [1.807, 2.05) is 0 Å². The summed E-state index contributed by atoms with van der Waals surface area (Å²) in [6.45, 7) is 0. The molecule has 0 spiro atoms. The van der Waals surface area contributed by atoms with Gasteiger partial charge >= 0.3 is 0 Å². The van der Waals surface area contributed by atoms with Crippen LogP contribution in [0.3, 0.4) is 0 Å². The highest BCUT2D eigenvalue weighted by Gasteiger charge is 2.21. The zero-order valence-corrected chi connectivity index (χ0v) is 11.3. The Morgan fingerprint density at radius 1 is 1.41 bits per heavy atom. The van der Waals surface area contributed by atoms with Crippen LogP contribution < -0.4 is 4.74 Å². The highest BCUT2D eigenvalue weighted by Crippen LogP contribution is 2.28. The highest BCUT2D eigenvalue weighted by atomic mass is 79.9. The van der Waals surface area contributed by atoms with Gasteiger partial charge in [0.25, 0.3) is 10.0 Å². The smallest absolute Gasteiger partial charge is 0.272 e. The molecule has 1 heterocycles. The Kier molecular flexibility index (Phi) is 3.21. The first-order valence-electron chi connectivity index (χ1n) is 4.63. The van der Waals surface area contributed by atoms with Crippen molar-refractivity contribution in [3.05, 3.63) is 41.4 Å². The van der Waals surface area contributed by atoms with Crippen molar-refractivity contribution in [3.63, 3.8) is 0 Å². The second kappa shape index (κ2) is 4.50.